The van der Waals surface area contributed by atoms with Crippen molar-refractivity contribution in [1.29, 1.82) is 0 Å². The van der Waals surface area contributed by atoms with Crippen molar-refractivity contribution in [2.24, 2.45) is 5.92 Å². The summed E-state index contributed by atoms with van der Waals surface area (Å²) in [6, 6.07) is 16.1. The molecule has 0 amide bonds. The number of rotatable bonds is 5. The standard InChI is InChI=1S/C26H30FN/c1-20-7-9-21(10-8-20)19-28-17-15-24(16-18-28)26(22-5-3-2-4-6-22)23-11-13-25(27)14-12-23/h3,5-14,24,26H,2,4,15-19H2,1H3. The number of halogens is 1. The van der Waals surface area contributed by atoms with Gasteiger partial charge in [-0.1, -0.05) is 60.2 Å². The minimum absolute atomic E-state index is 0.149. The first-order valence-electron chi connectivity index (χ1n) is 10.6. The summed E-state index contributed by atoms with van der Waals surface area (Å²) in [5, 5.41) is 0. The van der Waals surface area contributed by atoms with Gasteiger partial charge in [-0.15, -0.1) is 0 Å². The summed E-state index contributed by atoms with van der Waals surface area (Å²) in [4.78, 5) is 2.58. The van der Waals surface area contributed by atoms with E-state index >= 15 is 0 Å². The molecule has 2 aromatic carbocycles. The zero-order valence-electron chi connectivity index (χ0n) is 16.8. The van der Waals surface area contributed by atoms with Crippen molar-refractivity contribution in [3.63, 3.8) is 0 Å². The Labute approximate surface area is 168 Å². The summed E-state index contributed by atoms with van der Waals surface area (Å²) >= 11 is 0. The summed E-state index contributed by atoms with van der Waals surface area (Å²) in [6.07, 6.45) is 11.6. The summed E-state index contributed by atoms with van der Waals surface area (Å²) < 4.78 is 13.5. The minimum Gasteiger partial charge on any atom is -0.299 e. The fourth-order valence-corrected chi connectivity index (χ4v) is 4.67. The summed E-state index contributed by atoms with van der Waals surface area (Å²) in [7, 11) is 0. The van der Waals surface area contributed by atoms with Gasteiger partial charge in [0.25, 0.3) is 0 Å². The number of aryl methyl sites for hydroxylation is 1. The van der Waals surface area contributed by atoms with Gasteiger partial charge < -0.3 is 0 Å². The topological polar surface area (TPSA) is 3.24 Å². The van der Waals surface area contributed by atoms with Gasteiger partial charge in [-0.2, -0.15) is 0 Å². The second kappa shape index (κ2) is 8.87. The lowest BCUT2D eigenvalue weighted by atomic mass is 9.74. The van der Waals surface area contributed by atoms with Crippen LogP contribution in [0.1, 0.15) is 48.3 Å². The fourth-order valence-electron chi connectivity index (χ4n) is 4.67. The molecule has 2 heteroatoms. The highest BCUT2D eigenvalue weighted by Crippen LogP contribution is 2.40. The van der Waals surface area contributed by atoms with Gasteiger partial charge in [0.1, 0.15) is 5.82 Å². The smallest absolute Gasteiger partial charge is 0.123 e. The van der Waals surface area contributed by atoms with Crippen LogP contribution in [0.5, 0.6) is 0 Å². The first-order valence-corrected chi connectivity index (χ1v) is 10.6. The average Bonchev–Trinajstić information content (AvgIpc) is 2.73. The average molecular weight is 376 g/mol. The van der Waals surface area contributed by atoms with Crippen molar-refractivity contribution in [1.82, 2.24) is 4.90 Å². The maximum absolute atomic E-state index is 13.5. The van der Waals surface area contributed by atoms with Gasteiger partial charge in [0.2, 0.25) is 0 Å². The lowest BCUT2D eigenvalue weighted by molar-refractivity contribution is 0.168. The van der Waals surface area contributed by atoms with Gasteiger partial charge in [-0.3, -0.25) is 4.90 Å². The van der Waals surface area contributed by atoms with Crippen molar-refractivity contribution in [2.45, 2.75) is 45.1 Å². The molecule has 28 heavy (non-hydrogen) atoms. The number of hydrogen-bond donors (Lipinski definition) is 0. The van der Waals surface area contributed by atoms with Gasteiger partial charge in [0.05, 0.1) is 0 Å². The summed E-state index contributed by atoms with van der Waals surface area (Å²) in [5.74, 6) is 0.857. The Balaban J connectivity index is 1.46. The van der Waals surface area contributed by atoms with Gasteiger partial charge in [0, 0.05) is 12.5 Å². The summed E-state index contributed by atoms with van der Waals surface area (Å²) in [6.45, 7) is 5.44. The molecule has 2 aromatic rings. The lowest BCUT2D eigenvalue weighted by Crippen LogP contribution is -2.35. The second-order valence-electron chi connectivity index (χ2n) is 8.31. The molecule has 0 aromatic heterocycles. The highest BCUT2D eigenvalue weighted by atomic mass is 19.1. The molecule has 1 unspecified atom stereocenters. The SMILES string of the molecule is Cc1ccc(CN2CCC(C(C3=CCCC=C3)c3ccc(F)cc3)CC2)cc1. The second-order valence-corrected chi connectivity index (χ2v) is 8.31. The quantitative estimate of drug-likeness (QED) is 0.584. The lowest BCUT2D eigenvalue weighted by Gasteiger charge is -2.37. The number of piperidine rings is 1. The predicted octanol–water partition coefficient (Wildman–Crippen LogP) is 6.41. The highest BCUT2D eigenvalue weighted by Gasteiger charge is 2.29. The van der Waals surface area contributed by atoms with E-state index in [1.807, 2.05) is 12.1 Å². The Hall–Kier alpha value is -2.19. The molecule has 0 saturated carbocycles. The van der Waals surface area contributed by atoms with E-state index in [0.29, 0.717) is 11.8 Å². The Morgan fingerprint density at radius 3 is 2.32 bits per heavy atom. The molecule has 1 atom stereocenters. The van der Waals surface area contributed by atoms with Gasteiger partial charge in [0.15, 0.2) is 0 Å². The number of hydrogen-bond acceptors (Lipinski definition) is 1. The van der Waals surface area contributed by atoms with Gasteiger partial charge in [-0.05, 0) is 80.4 Å². The molecule has 0 radical (unpaired) electrons. The van der Waals surface area contributed by atoms with Crippen LogP contribution in [-0.4, -0.2) is 18.0 Å². The highest BCUT2D eigenvalue weighted by molar-refractivity contribution is 5.37. The zero-order chi connectivity index (χ0) is 19.3. The summed E-state index contributed by atoms with van der Waals surface area (Å²) in [5.41, 5.74) is 5.40. The largest absolute Gasteiger partial charge is 0.299 e. The van der Waals surface area contributed by atoms with Crippen molar-refractivity contribution >= 4 is 0 Å². The van der Waals surface area contributed by atoms with Gasteiger partial charge >= 0.3 is 0 Å². The van der Waals surface area contributed by atoms with E-state index in [0.717, 1.165) is 32.5 Å². The monoisotopic (exact) mass is 375 g/mol. The van der Waals surface area contributed by atoms with Crippen LogP contribution >= 0.6 is 0 Å². The Kier molecular flexibility index (Phi) is 6.07. The molecule has 1 nitrogen and oxygen atoms in total. The van der Waals surface area contributed by atoms with E-state index in [-0.39, 0.29) is 5.82 Å². The predicted molar refractivity (Wildman–Crippen MR) is 115 cm³/mol. The van der Waals surface area contributed by atoms with Crippen molar-refractivity contribution in [2.75, 3.05) is 13.1 Å². The van der Waals surface area contributed by atoms with Crippen LogP contribution in [0.3, 0.4) is 0 Å². The van der Waals surface area contributed by atoms with E-state index in [1.54, 1.807) is 12.1 Å². The van der Waals surface area contributed by atoms with E-state index in [1.165, 1.54) is 35.1 Å². The molecule has 2 aliphatic rings. The first-order chi connectivity index (χ1) is 13.7. The third-order valence-electron chi connectivity index (χ3n) is 6.24. The van der Waals surface area contributed by atoms with Crippen LogP contribution in [0, 0.1) is 18.7 Å². The molecule has 0 N–H and O–H groups in total. The van der Waals surface area contributed by atoms with Crippen molar-refractivity contribution in [3.05, 3.63) is 94.8 Å². The molecule has 146 valence electrons. The van der Waals surface area contributed by atoms with Crippen LogP contribution in [0.25, 0.3) is 0 Å². The molecule has 1 aliphatic heterocycles. The number of likely N-dealkylation sites (tertiary alicyclic amines) is 1. The molecule has 0 spiro atoms. The maximum atomic E-state index is 13.5. The van der Waals surface area contributed by atoms with Crippen molar-refractivity contribution in [3.8, 4) is 0 Å². The van der Waals surface area contributed by atoms with Crippen LogP contribution in [0.2, 0.25) is 0 Å². The van der Waals surface area contributed by atoms with Crippen LogP contribution in [-0.2, 0) is 6.54 Å². The fraction of sp³-hybridized carbons (Fsp3) is 0.385. The normalized spacial score (nSPS) is 19.4. The van der Waals surface area contributed by atoms with Crippen LogP contribution in [0.4, 0.5) is 4.39 Å². The molecule has 0 bridgehead atoms. The van der Waals surface area contributed by atoms with E-state index in [9.17, 15) is 4.39 Å². The number of nitrogens with zero attached hydrogens (tertiary/aromatic N) is 1. The molecule has 1 aliphatic carbocycles. The Morgan fingerprint density at radius 2 is 1.68 bits per heavy atom. The minimum atomic E-state index is -0.149. The molecular weight excluding hydrogens is 345 g/mol. The molecule has 1 saturated heterocycles. The maximum Gasteiger partial charge on any atom is 0.123 e. The first kappa shape index (κ1) is 19.1. The van der Waals surface area contributed by atoms with Crippen molar-refractivity contribution < 1.29 is 4.39 Å². The zero-order valence-corrected chi connectivity index (χ0v) is 16.8. The Bertz CT molecular complexity index is 824. The number of allylic oxidation sites excluding steroid dienone is 4. The molecule has 1 heterocycles. The van der Waals surface area contributed by atoms with E-state index in [2.05, 4.69) is 54.3 Å². The van der Waals surface area contributed by atoms with E-state index < -0.39 is 0 Å². The van der Waals surface area contributed by atoms with Gasteiger partial charge in [-0.25, -0.2) is 4.39 Å². The molecule has 1 fully saturated rings. The third kappa shape index (κ3) is 4.62. The van der Waals surface area contributed by atoms with Crippen LogP contribution < -0.4 is 0 Å². The molecular formula is C26H30FN. The molecule has 4 rings (SSSR count). The third-order valence-corrected chi connectivity index (χ3v) is 6.24. The van der Waals surface area contributed by atoms with Crippen LogP contribution in [0.15, 0.2) is 72.3 Å². The number of benzene rings is 2. The Morgan fingerprint density at radius 1 is 0.964 bits per heavy atom. The van der Waals surface area contributed by atoms with E-state index in [4.69, 9.17) is 0 Å².